The minimum Gasteiger partial charge on any atom is -0.0656 e. The highest BCUT2D eigenvalue weighted by Gasteiger charge is 2.26. The van der Waals surface area contributed by atoms with Gasteiger partial charge in [0.25, 0.3) is 0 Å². The molecule has 1 aliphatic carbocycles. The molecule has 0 unspecified atom stereocenters. The summed E-state index contributed by atoms with van der Waals surface area (Å²) >= 11 is 0. The smallest absolute Gasteiger partial charge is 0.0656 e. The summed E-state index contributed by atoms with van der Waals surface area (Å²) in [6.07, 6.45) is 3.46. The van der Waals surface area contributed by atoms with Crippen LogP contribution in [-0.4, -0.2) is 16.1 Å². The van der Waals surface area contributed by atoms with Crippen LogP contribution in [0.5, 0.6) is 0 Å². The second-order valence-corrected chi connectivity index (χ2v) is 22.1. The maximum atomic E-state index is 2.54. The molecule has 0 heterocycles. The lowest BCUT2D eigenvalue weighted by atomic mass is 9.89. The van der Waals surface area contributed by atoms with Crippen LogP contribution in [0.25, 0.3) is 33.9 Å². The highest BCUT2D eigenvalue weighted by atomic mass is 28.3. The number of hydrogen-bond donors (Lipinski definition) is 0. The predicted molar refractivity (Wildman–Crippen MR) is 161 cm³/mol. The third-order valence-electron chi connectivity index (χ3n) is 7.22. The van der Waals surface area contributed by atoms with Gasteiger partial charge in [-0.2, -0.15) is 0 Å². The van der Waals surface area contributed by atoms with E-state index in [1.807, 2.05) is 0 Å². The van der Waals surface area contributed by atoms with Crippen LogP contribution in [-0.2, 0) is 6.42 Å². The van der Waals surface area contributed by atoms with Crippen LogP contribution in [0.4, 0.5) is 0 Å². The Morgan fingerprint density at radius 1 is 0.543 bits per heavy atom. The largest absolute Gasteiger partial charge is 0.0776 e. The molecule has 0 amide bonds. The molecule has 0 atom stereocenters. The zero-order valence-corrected chi connectivity index (χ0v) is 23.9. The summed E-state index contributed by atoms with van der Waals surface area (Å²) in [5, 5.41) is 3.13. The predicted octanol–water partition coefficient (Wildman–Crippen LogP) is 8.21. The van der Waals surface area contributed by atoms with Gasteiger partial charge in [-0.1, -0.05) is 141 Å². The SMILES string of the molecule is C[Si](C)(C)c1cc(-c2c(-c3ccccc3)ccc3c2C=C(c2ccccc2)C3)cc([Si](C)(C)C)c1. The summed E-state index contributed by atoms with van der Waals surface area (Å²) in [5.74, 6) is 0. The van der Waals surface area contributed by atoms with Crippen molar-refractivity contribution in [1.29, 1.82) is 0 Å². The van der Waals surface area contributed by atoms with Crippen molar-refractivity contribution in [1.82, 2.24) is 0 Å². The van der Waals surface area contributed by atoms with Gasteiger partial charge in [0.05, 0.1) is 16.1 Å². The van der Waals surface area contributed by atoms with Crippen LogP contribution in [0.3, 0.4) is 0 Å². The Bertz CT molecular complexity index is 1370. The van der Waals surface area contributed by atoms with Crippen molar-refractivity contribution in [2.24, 2.45) is 0 Å². The van der Waals surface area contributed by atoms with Gasteiger partial charge in [-0.15, -0.1) is 0 Å². The summed E-state index contributed by atoms with van der Waals surface area (Å²) in [7, 11) is -2.98. The molecule has 176 valence electrons. The summed E-state index contributed by atoms with van der Waals surface area (Å²) in [6, 6.07) is 34.1. The molecular weight excluding hydrogens is 453 g/mol. The van der Waals surface area contributed by atoms with E-state index >= 15 is 0 Å². The standard InChI is InChI=1S/C33H36Si2/c1-34(2,3)29-20-28(21-30(23-29)35(4,5)6)33-31(25-15-11-8-12-16-25)18-17-26-19-27(22-32(26)33)24-13-9-7-10-14-24/h7-18,20-23H,19H2,1-6H3. The highest BCUT2D eigenvalue weighted by molar-refractivity contribution is 6.91. The molecule has 4 aromatic carbocycles. The molecular formula is C33H36Si2. The van der Waals surface area contributed by atoms with Crippen molar-refractivity contribution in [3.05, 3.63) is 108 Å². The molecule has 0 nitrogen and oxygen atoms in total. The van der Waals surface area contributed by atoms with Gasteiger partial charge in [0.2, 0.25) is 0 Å². The number of benzene rings is 4. The van der Waals surface area contributed by atoms with Crippen LogP contribution in [0.2, 0.25) is 39.3 Å². The Labute approximate surface area is 213 Å². The first kappa shape index (κ1) is 23.8. The Hall–Kier alpha value is -2.95. The normalized spacial score (nSPS) is 13.5. The van der Waals surface area contributed by atoms with Gasteiger partial charge in [-0.3, -0.25) is 0 Å². The van der Waals surface area contributed by atoms with Crippen molar-refractivity contribution in [3.8, 4) is 22.3 Å². The van der Waals surface area contributed by atoms with Crippen molar-refractivity contribution in [2.75, 3.05) is 0 Å². The third-order valence-corrected chi connectivity index (χ3v) is 11.3. The fourth-order valence-electron chi connectivity index (χ4n) is 5.06. The van der Waals surface area contributed by atoms with Crippen LogP contribution in [0.1, 0.15) is 16.7 Å². The minimum absolute atomic E-state index is 0.996. The first-order chi connectivity index (χ1) is 16.6. The summed E-state index contributed by atoms with van der Waals surface area (Å²) in [4.78, 5) is 0. The highest BCUT2D eigenvalue weighted by Crippen LogP contribution is 2.43. The van der Waals surface area contributed by atoms with E-state index in [9.17, 15) is 0 Å². The second-order valence-electron chi connectivity index (χ2n) is 11.9. The molecule has 0 fully saturated rings. The van der Waals surface area contributed by atoms with Crippen LogP contribution in [0, 0.1) is 0 Å². The lowest BCUT2D eigenvalue weighted by molar-refractivity contribution is 1.32. The lowest BCUT2D eigenvalue weighted by Crippen LogP contribution is -2.45. The summed E-state index contributed by atoms with van der Waals surface area (Å²) in [5.41, 5.74) is 11.0. The molecule has 0 N–H and O–H groups in total. The molecule has 0 saturated heterocycles. The molecule has 0 bridgehead atoms. The van der Waals surface area contributed by atoms with Crippen LogP contribution >= 0.6 is 0 Å². The summed E-state index contributed by atoms with van der Waals surface area (Å²) < 4.78 is 0. The van der Waals surface area contributed by atoms with Gasteiger partial charge in [-0.05, 0) is 57.0 Å². The van der Waals surface area contributed by atoms with Crippen molar-refractivity contribution in [3.63, 3.8) is 0 Å². The quantitative estimate of drug-likeness (QED) is 0.248. The number of fused-ring (bicyclic) bond motifs is 1. The Kier molecular flexibility index (Phi) is 6.07. The van der Waals surface area contributed by atoms with Gasteiger partial charge >= 0.3 is 0 Å². The van der Waals surface area contributed by atoms with E-state index < -0.39 is 16.1 Å². The molecule has 2 heteroatoms. The zero-order chi connectivity index (χ0) is 24.8. The minimum atomic E-state index is -1.49. The molecule has 35 heavy (non-hydrogen) atoms. The maximum Gasteiger partial charge on any atom is 0.0776 e. The van der Waals surface area contributed by atoms with Crippen LogP contribution in [0.15, 0.2) is 91.0 Å². The van der Waals surface area contributed by atoms with Crippen molar-refractivity contribution >= 4 is 38.2 Å². The molecule has 0 saturated carbocycles. The average molecular weight is 489 g/mol. The molecule has 0 aromatic heterocycles. The monoisotopic (exact) mass is 488 g/mol. The van der Waals surface area contributed by atoms with Crippen molar-refractivity contribution in [2.45, 2.75) is 45.7 Å². The number of hydrogen-bond acceptors (Lipinski definition) is 0. The fourth-order valence-corrected chi connectivity index (χ4v) is 7.56. The lowest BCUT2D eigenvalue weighted by Gasteiger charge is -2.25. The van der Waals surface area contributed by atoms with E-state index in [0.29, 0.717) is 0 Å². The summed E-state index contributed by atoms with van der Waals surface area (Å²) in [6.45, 7) is 14.8. The maximum absolute atomic E-state index is 2.54. The van der Waals surface area contributed by atoms with E-state index in [2.05, 4.69) is 136 Å². The third kappa shape index (κ3) is 4.78. The number of rotatable bonds is 5. The Morgan fingerprint density at radius 3 is 1.63 bits per heavy atom. The average Bonchev–Trinajstić information content (AvgIpc) is 3.27. The molecule has 0 spiro atoms. The van der Waals surface area contributed by atoms with Gasteiger partial charge in [0.15, 0.2) is 0 Å². The van der Waals surface area contributed by atoms with Gasteiger partial charge in [0, 0.05) is 0 Å². The Balaban J connectivity index is 1.81. The molecule has 0 radical (unpaired) electrons. The second kappa shape index (κ2) is 8.93. The van der Waals surface area contributed by atoms with E-state index in [0.717, 1.165) is 6.42 Å². The van der Waals surface area contributed by atoms with Gasteiger partial charge < -0.3 is 0 Å². The van der Waals surface area contributed by atoms with E-state index in [1.54, 1.807) is 10.4 Å². The first-order valence-corrected chi connectivity index (χ1v) is 19.7. The van der Waals surface area contributed by atoms with Crippen molar-refractivity contribution < 1.29 is 0 Å². The van der Waals surface area contributed by atoms with Gasteiger partial charge in [-0.25, -0.2) is 0 Å². The molecule has 1 aliphatic rings. The zero-order valence-electron chi connectivity index (χ0n) is 21.9. The van der Waals surface area contributed by atoms with E-state index in [-0.39, 0.29) is 0 Å². The topological polar surface area (TPSA) is 0 Å². The van der Waals surface area contributed by atoms with E-state index in [4.69, 9.17) is 0 Å². The van der Waals surface area contributed by atoms with Crippen LogP contribution < -0.4 is 10.4 Å². The fraction of sp³-hybridized carbons (Fsp3) is 0.212. The number of allylic oxidation sites excluding steroid dienone is 1. The molecule has 4 aromatic rings. The van der Waals surface area contributed by atoms with Gasteiger partial charge in [0.1, 0.15) is 0 Å². The Morgan fingerprint density at radius 2 is 1.09 bits per heavy atom. The molecule has 0 aliphatic heterocycles. The first-order valence-electron chi connectivity index (χ1n) is 12.7. The molecule has 5 rings (SSSR count). The van der Waals surface area contributed by atoms with E-state index in [1.165, 1.54) is 44.5 Å².